The van der Waals surface area contributed by atoms with E-state index in [1.807, 2.05) is 0 Å². The summed E-state index contributed by atoms with van der Waals surface area (Å²) in [5, 5.41) is 7.90. The molecule has 318 valence electrons. The molecule has 1 aliphatic rings. The van der Waals surface area contributed by atoms with Crippen LogP contribution in [0.15, 0.2) is 28.9 Å². The summed E-state index contributed by atoms with van der Waals surface area (Å²) in [5.74, 6) is -2.39. The van der Waals surface area contributed by atoms with E-state index in [1.165, 1.54) is 24.3 Å². The summed E-state index contributed by atoms with van der Waals surface area (Å²) >= 11 is 1.27. The van der Waals surface area contributed by atoms with Gasteiger partial charge in [-0.25, -0.2) is 14.6 Å². The Kier molecular flexibility index (Phi) is 23.0. The van der Waals surface area contributed by atoms with Crippen molar-refractivity contribution in [1.29, 1.82) is 0 Å². The largest absolute Gasteiger partial charge is 0.474 e. The van der Waals surface area contributed by atoms with Crippen molar-refractivity contribution in [3.63, 3.8) is 0 Å². The number of ether oxygens (including phenoxy) is 4. The Morgan fingerprint density at radius 2 is 1.71 bits per heavy atom. The van der Waals surface area contributed by atoms with Crippen molar-refractivity contribution in [2.75, 3.05) is 18.9 Å². The number of esters is 2. The molecule has 0 bridgehead atoms. The highest BCUT2D eigenvalue weighted by molar-refractivity contribution is 8.13. The molecule has 0 aromatic carbocycles. The van der Waals surface area contributed by atoms with E-state index in [2.05, 4.69) is 47.5 Å². The first-order chi connectivity index (χ1) is 26.1. The van der Waals surface area contributed by atoms with Crippen LogP contribution in [0.3, 0.4) is 0 Å². The first-order valence-electron chi connectivity index (χ1n) is 19.8. The molecule has 1 rings (SSSR count). The maximum absolute atomic E-state index is 13.6. The minimum atomic E-state index is -1.45. The van der Waals surface area contributed by atoms with Crippen LogP contribution in [0.4, 0.5) is 4.79 Å². The molecule has 0 saturated heterocycles. The molecule has 1 unspecified atom stereocenters. The zero-order chi connectivity index (χ0) is 42.5. The molecule has 0 aromatic rings. The lowest BCUT2D eigenvalue weighted by Gasteiger charge is -2.24. The molecular formula is C40H68N4O10SSi. The van der Waals surface area contributed by atoms with Crippen LogP contribution in [0.2, 0.25) is 25.7 Å². The normalized spacial score (nSPS) is 17.1. The number of nitrogens with one attached hydrogen (secondary N) is 3. The quantitative estimate of drug-likeness (QED) is 0.0238. The van der Waals surface area contributed by atoms with Gasteiger partial charge in [-0.2, -0.15) is 0 Å². The Morgan fingerprint density at radius 3 is 2.32 bits per heavy atom. The summed E-state index contributed by atoms with van der Waals surface area (Å²) in [4.78, 5) is 81.6. The molecule has 3 N–H and O–H groups in total. The molecule has 0 aromatic heterocycles. The fraction of sp³-hybridized carbons (Fsp3) is 0.725. The van der Waals surface area contributed by atoms with E-state index in [0.717, 1.165) is 31.7 Å². The van der Waals surface area contributed by atoms with Crippen molar-refractivity contribution in [3.05, 3.63) is 23.9 Å². The Hall–Kier alpha value is -3.66. The van der Waals surface area contributed by atoms with Crippen LogP contribution < -0.4 is 16.0 Å². The van der Waals surface area contributed by atoms with Crippen LogP contribution in [0.1, 0.15) is 107 Å². The average Bonchev–Trinajstić information content (AvgIpc) is 3.46. The van der Waals surface area contributed by atoms with Gasteiger partial charge in [0.15, 0.2) is 11.2 Å². The predicted molar refractivity (Wildman–Crippen MR) is 223 cm³/mol. The molecule has 0 radical (unpaired) electrons. The van der Waals surface area contributed by atoms with Gasteiger partial charge in [-0.3, -0.25) is 19.2 Å². The van der Waals surface area contributed by atoms with Crippen molar-refractivity contribution in [1.82, 2.24) is 16.0 Å². The van der Waals surface area contributed by atoms with E-state index in [1.54, 1.807) is 60.6 Å². The standard InChI is InChI=1S/C40H68N4O10SSi/c1-12-14-15-16-17-21-33(46)55-23-19-18-20-29(25-32(45)51-22-24-56(9,10)11)53-38(49)34(27(3)4)44-36(47)30(13-2)42-37(48)35-28(5)52-31(43-35)26-41-39(50)54-40(6,7)8/h13,18,20,27-29,34-35H,12,14-17,19,21-26H2,1-11H3,(H,41,50)(H,42,48)(H,44,47)/t28-,29-,34+,35?/m1/s1. The highest BCUT2D eigenvalue weighted by Gasteiger charge is 2.35. The predicted octanol–water partition coefficient (Wildman–Crippen LogP) is 6.61. The molecule has 56 heavy (non-hydrogen) atoms. The van der Waals surface area contributed by atoms with Gasteiger partial charge in [0.25, 0.3) is 11.8 Å². The van der Waals surface area contributed by atoms with E-state index < -0.39 is 73.7 Å². The summed E-state index contributed by atoms with van der Waals surface area (Å²) < 4.78 is 22.1. The summed E-state index contributed by atoms with van der Waals surface area (Å²) in [6.45, 7) is 20.7. The van der Waals surface area contributed by atoms with Crippen molar-refractivity contribution < 1.29 is 47.7 Å². The van der Waals surface area contributed by atoms with E-state index in [-0.39, 0.29) is 36.3 Å². The fourth-order valence-corrected chi connectivity index (χ4v) is 6.56. The Bertz CT molecular complexity index is 1400. The van der Waals surface area contributed by atoms with Gasteiger partial charge in [0.1, 0.15) is 29.5 Å². The second kappa shape index (κ2) is 25.6. The molecule has 0 saturated carbocycles. The van der Waals surface area contributed by atoms with Crippen molar-refractivity contribution in [3.8, 4) is 0 Å². The van der Waals surface area contributed by atoms with Gasteiger partial charge in [-0.1, -0.05) is 90.0 Å². The number of hydrogen-bond acceptors (Lipinski definition) is 12. The number of carbonyl (C=O) groups excluding carboxylic acids is 6. The van der Waals surface area contributed by atoms with Crippen molar-refractivity contribution in [2.45, 2.75) is 162 Å². The second-order valence-corrected chi connectivity index (χ2v) is 23.1. The minimum Gasteiger partial charge on any atom is -0.474 e. The second-order valence-electron chi connectivity index (χ2n) is 16.3. The number of amides is 3. The Balaban J connectivity index is 2.93. The molecule has 1 heterocycles. The lowest BCUT2D eigenvalue weighted by molar-refractivity contribution is -0.156. The molecule has 14 nitrogen and oxygen atoms in total. The maximum Gasteiger partial charge on any atom is 0.408 e. The molecule has 0 aliphatic carbocycles. The van der Waals surface area contributed by atoms with Gasteiger partial charge in [0, 0.05) is 20.2 Å². The first-order valence-corrected chi connectivity index (χ1v) is 24.5. The van der Waals surface area contributed by atoms with E-state index in [4.69, 9.17) is 18.9 Å². The summed E-state index contributed by atoms with van der Waals surface area (Å²) in [6, 6.07) is -1.35. The third kappa shape index (κ3) is 22.2. The minimum absolute atomic E-state index is 0.0948. The monoisotopic (exact) mass is 824 g/mol. The average molecular weight is 825 g/mol. The number of unbranched alkanes of at least 4 members (excludes halogenated alkanes) is 4. The van der Waals surface area contributed by atoms with Gasteiger partial charge in [-0.15, -0.1) is 0 Å². The van der Waals surface area contributed by atoms with Crippen molar-refractivity contribution in [2.24, 2.45) is 10.9 Å². The highest BCUT2D eigenvalue weighted by Crippen LogP contribution is 2.17. The molecule has 16 heteroatoms. The molecule has 4 atom stereocenters. The number of carbonyl (C=O) groups is 6. The van der Waals surface area contributed by atoms with Gasteiger partial charge in [-0.05, 0) is 65.5 Å². The molecule has 0 fully saturated rings. The molecule has 3 amide bonds. The lowest BCUT2D eigenvalue weighted by Crippen LogP contribution is -2.49. The number of aliphatic imine (C=N–C) groups is 1. The highest BCUT2D eigenvalue weighted by atomic mass is 32.2. The third-order valence-electron chi connectivity index (χ3n) is 8.23. The van der Waals surface area contributed by atoms with Crippen LogP contribution >= 0.6 is 11.8 Å². The number of rotatable bonds is 24. The van der Waals surface area contributed by atoms with Crippen LogP contribution in [0, 0.1) is 5.92 Å². The Morgan fingerprint density at radius 1 is 1.04 bits per heavy atom. The maximum atomic E-state index is 13.6. The smallest absolute Gasteiger partial charge is 0.408 e. The van der Waals surface area contributed by atoms with Gasteiger partial charge >= 0.3 is 18.0 Å². The molecule has 0 spiro atoms. The number of allylic oxidation sites excluding steroid dienone is 2. The number of alkyl carbamates (subject to hydrolysis) is 1. The zero-order valence-electron chi connectivity index (χ0n) is 35.5. The van der Waals surface area contributed by atoms with E-state index in [9.17, 15) is 28.8 Å². The van der Waals surface area contributed by atoms with Gasteiger partial charge < -0.3 is 34.9 Å². The summed E-state index contributed by atoms with van der Waals surface area (Å²) in [5.41, 5.74) is -0.812. The number of hydrogen-bond donors (Lipinski definition) is 3. The molecular weight excluding hydrogens is 757 g/mol. The fourth-order valence-electron chi connectivity index (χ4n) is 5.07. The van der Waals surface area contributed by atoms with E-state index in [0.29, 0.717) is 18.6 Å². The molecule has 1 aliphatic heterocycles. The van der Waals surface area contributed by atoms with E-state index >= 15 is 0 Å². The van der Waals surface area contributed by atoms with Gasteiger partial charge in [0.05, 0.1) is 19.6 Å². The topological polar surface area (TPSA) is 188 Å². The van der Waals surface area contributed by atoms with Gasteiger partial charge in [0.2, 0.25) is 5.90 Å². The lowest BCUT2D eigenvalue weighted by atomic mass is 10.0. The third-order valence-corrected chi connectivity index (χ3v) is 10.9. The summed E-state index contributed by atoms with van der Waals surface area (Å²) in [6.07, 6.45) is 8.71. The van der Waals surface area contributed by atoms with Crippen LogP contribution in [0.25, 0.3) is 0 Å². The van der Waals surface area contributed by atoms with Crippen LogP contribution in [0.5, 0.6) is 0 Å². The number of nitrogens with zero attached hydrogens (tertiary/aromatic N) is 1. The van der Waals surface area contributed by atoms with Crippen LogP contribution in [-0.4, -0.2) is 97.7 Å². The zero-order valence-corrected chi connectivity index (χ0v) is 37.4. The SMILES string of the molecule is CC=C(NC(=O)C1N=C(CNC(=O)OC(C)(C)C)O[C@@H]1C)C(=O)N[C@H](C(=O)O[C@H](C=CCCSC(=O)CCCCCCC)CC(=O)OCC[Si](C)(C)C)C(C)C. The van der Waals surface area contributed by atoms with Crippen LogP contribution in [-0.2, 0) is 42.9 Å². The summed E-state index contributed by atoms with van der Waals surface area (Å²) in [7, 11) is -1.45. The number of thioether (sulfide) groups is 1. The Labute approximate surface area is 339 Å². The first kappa shape index (κ1) is 50.4. The van der Waals surface area contributed by atoms with Crippen molar-refractivity contribution >= 4 is 60.7 Å².